The maximum atomic E-state index is 11.2. The van der Waals surface area contributed by atoms with Gasteiger partial charge in [0.2, 0.25) is 0 Å². The molecule has 1 unspecified atom stereocenters. The average molecular weight is 219 g/mol. The molecule has 0 fully saturated rings. The zero-order valence-electron chi connectivity index (χ0n) is 9.49. The summed E-state index contributed by atoms with van der Waals surface area (Å²) in [6.45, 7) is 3.88. The highest BCUT2D eigenvalue weighted by atomic mass is 16.4. The monoisotopic (exact) mass is 219 g/mol. The van der Waals surface area contributed by atoms with Gasteiger partial charge >= 0.3 is 5.97 Å². The summed E-state index contributed by atoms with van der Waals surface area (Å²) in [5.74, 6) is -0.442. The van der Waals surface area contributed by atoms with Crippen molar-refractivity contribution in [3.05, 3.63) is 34.9 Å². The van der Waals surface area contributed by atoms with Crippen LogP contribution >= 0.6 is 0 Å². The van der Waals surface area contributed by atoms with Crippen molar-refractivity contribution >= 4 is 5.97 Å². The van der Waals surface area contributed by atoms with Gasteiger partial charge in [0.15, 0.2) is 0 Å². The van der Waals surface area contributed by atoms with Crippen molar-refractivity contribution in [1.29, 1.82) is 0 Å². The number of nitrogens with one attached hydrogen (secondary N) is 1. The fraction of sp³-hybridized carbons (Fsp3) is 0.462. The second kappa shape index (κ2) is 4.66. The standard InChI is InChI=1S/C13H17NO2/c1-2-14-8-10-7-6-9-4-3-5-11(12(9)10)13(15)16/h3-5,10,14H,2,6-8H2,1H3,(H,15,16). The van der Waals surface area contributed by atoms with Crippen LogP contribution in [0.15, 0.2) is 18.2 Å². The molecule has 0 aromatic heterocycles. The summed E-state index contributed by atoms with van der Waals surface area (Å²) in [5, 5.41) is 12.5. The Morgan fingerprint density at radius 2 is 2.38 bits per heavy atom. The fourth-order valence-corrected chi connectivity index (χ4v) is 2.50. The number of carboxylic acid groups (broad SMARTS) is 1. The molecule has 1 atom stereocenters. The van der Waals surface area contributed by atoms with Crippen LogP contribution in [0.1, 0.15) is 40.7 Å². The van der Waals surface area contributed by atoms with Crippen molar-refractivity contribution in [2.24, 2.45) is 0 Å². The molecule has 1 aliphatic carbocycles. The predicted octanol–water partition coefficient (Wildman–Crippen LogP) is 2.02. The number of rotatable bonds is 4. The van der Waals surface area contributed by atoms with Gasteiger partial charge in [-0.2, -0.15) is 0 Å². The molecule has 2 rings (SSSR count). The lowest BCUT2D eigenvalue weighted by Gasteiger charge is -2.14. The van der Waals surface area contributed by atoms with E-state index >= 15 is 0 Å². The molecule has 0 saturated heterocycles. The lowest BCUT2D eigenvalue weighted by atomic mass is 9.95. The second-order valence-electron chi connectivity index (χ2n) is 4.23. The van der Waals surface area contributed by atoms with E-state index in [1.54, 1.807) is 6.07 Å². The number of fused-ring (bicyclic) bond motifs is 1. The first-order chi connectivity index (χ1) is 7.74. The number of hydrogen-bond donors (Lipinski definition) is 2. The van der Waals surface area contributed by atoms with Crippen LogP contribution in [0, 0.1) is 0 Å². The summed E-state index contributed by atoms with van der Waals surface area (Å²) >= 11 is 0. The van der Waals surface area contributed by atoms with Crippen LogP contribution in [0.25, 0.3) is 0 Å². The van der Waals surface area contributed by atoms with Crippen LogP contribution in [0.2, 0.25) is 0 Å². The number of likely N-dealkylation sites (N-methyl/N-ethyl adjacent to an activating group) is 1. The van der Waals surface area contributed by atoms with E-state index < -0.39 is 5.97 Å². The molecule has 0 saturated carbocycles. The SMILES string of the molecule is CCNCC1CCc2cccc(C(=O)O)c21. The van der Waals surface area contributed by atoms with Gasteiger partial charge in [0.1, 0.15) is 0 Å². The number of aryl methyl sites for hydroxylation is 1. The highest BCUT2D eigenvalue weighted by Crippen LogP contribution is 2.35. The molecule has 0 heterocycles. The van der Waals surface area contributed by atoms with Crippen molar-refractivity contribution < 1.29 is 9.90 Å². The molecule has 3 nitrogen and oxygen atoms in total. The van der Waals surface area contributed by atoms with Gasteiger partial charge in [-0.3, -0.25) is 0 Å². The summed E-state index contributed by atoms with van der Waals surface area (Å²) in [5.41, 5.74) is 2.75. The summed E-state index contributed by atoms with van der Waals surface area (Å²) < 4.78 is 0. The van der Waals surface area contributed by atoms with E-state index in [2.05, 4.69) is 12.2 Å². The minimum absolute atomic E-state index is 0.363. The van der Waals surface area contributed by atoms with E-state index in [1.165, 1.54) is 5.56 Å². The Morgan fingerprint density at radius 1 is 1.56 bits per heavy atom. The van der Waals surface area contributed by atoms with Crippen LogP contribution in [-0.2, 0) is 6.42 Å². The van der Waals surface area contributed by atoms with Crippen molar-refractivity contribution in [3.8, 4) is 0 Å². The fourth-order valence-electron chi connectivity index (χ4n) is 2.50. The molecule has 1 aromatic rings. The Hall–Kier alpha value is -1.35. The molecule has 0 aliphatic heterocycles. The van der Waals surface area contributed by atoms with E-state index in [9.17, 15) is 9.90 Å². The Bertz CT molecular complexity index is 401. The topological polar surface area (TPSA) is 49.3 Å². The highest BCUT2D eigenvalue weighted by molar-refractivity contribution is 5.90. The first-order valence-corrected chi connectivity index (χ1v) is 5.79. The largest absolute Gasteiger partial charge is 0.478 e. The number of carboxylic acids is 1. The van der Waals surface area contributed by atoms with Crippen LogP contribution in [0.3, 0.4) is 0 Å². The van der Waals surface area contributed by atoms with Crippen molar-refractivity contribution in [3.63, 3.8) is 0 Å². The smallest absolute Gasteiger partial charge is 0.335 e. The predicted molar refractivity (Wildman–Crippen MR) is 63.0 cm³/mol. The Kier molecular flexibility index (Phi) is 3.25. The maximum Gasteiger partial charge on any atom is 0.335 e. The third-order valence-electron chi connectivity index (χ3n) is 3.24. The van der Waals surface area contributed by atoms with Gasteiger partial charge in [0.25, 0.3) is 0 Å². The molecule has 3 heteroatoms. The zero-order valence-corrected chi connectivity index (χ0v) is 9.49. The van der Waals surface area contributed by atoms with Gasteiger partial charge in [-0.15, -0.1) is 0 Å². The molecular formula is C13H17NO2. The minimum Gasteiger partial charge on any atom is -0.478 e. The maximum absolute atomic E-state index is 11.2. The summed E-state index contributed by atoms with van der Waals surface area (Å²) in [7, 11) is 0. The first kappa shape index (κ1) is 11.1. The quantitative estimate of drug-likeness (QED) is 0.814. The minimum atomic E-state index is -0.805. The molecule has 86 valence electrons. The Balaban J connectivity index is 2.32. The molecule has 16 heavy (non-hydrogen) atoms. The van der Waals surface area contributed by atoms with E-state index in [0.717, 1.165) is 31.5 Å². The third kappa shape index (κ3) is 1.95. The van der Waals surface area contributed by atoms with Gasteiger partial charge in [0, 0.05) is 6.54 Å². The van der Waals surface area contributed by atoms with E-state index in [-0.39, 0.29) is 0 Å². The molecule has 2 N–H and O–H groups in total. The van der Waals surface area contributed by atoms with E-state index in [4.69, 9.17) is 0 Å². The lowest BCUT2D eigenvalue weighted by molar-refractivity contribution is 0.0695. The van der Waals surface area contributed by atoms with Crippen molar-refractivity contribution in [2.45, 2.75) is 25.7 Å². The van der Waals surface area contributed by atoms with Gasteiger partial charge < -0.3 is 10.4 Å². The van der Waals surface area contributed by atoms with Crippen LogP contribution < -0.4 is 5.32 Å². The third-order valence-corrected chi connectivity index (χ3v) is 3.24. The van der Waals surface area contributed by atoms with Crippen molar-refractivity contribution in [1.82, 2.24) is 5.32 Å². The summed E-state index contributed by atoms with van der Waals surface area (Å²) in [6.07, 6.45) is 2.07. The zero-order chi connectivity index (χ0) is 11.5. The molecule has 0 radical (unpaired) electrons. The van der Waals surface area contributed by atoms with Crippen LogP contribution in [0.4, 0.5) is 0 Å². The summed E-state index contributed by atoms with van der Waals surface area (Å²) in [4.78, 5) is 11.2. The molecule has 1 aromatic carbocycles. The number of carbonyl (C=O) groups is 1. The van der Waals surface area contributed by atoms with Crippen LogP contribution in [0.5, 0.6) is 0 Å². The normalized spacial score (nSPS) is 18.4. The van der Waals surface area contributed by atoms with E-state index in [0.29, 0.717) is 11.5 Å². The van der Waals surface area contributed by atoms with Crippen LogP contribution in [-0.4, -0.2) is 24.2 Å². The number of benzene rings is 1. The van der Waals surface area contributed by atoms with Gasteiger partial charge in [0.05, 0.1) is 5.56 Å². The average Bonchev–Trinajstić information content (AvgIpc) is 2.69. The summed E-state index contributed by atoms with van der Waals surface area (Å²) in [6, 6.07) is 5.61. The Labute approximate surface area is 95.5 Å². The first-order valence-electron chi connectivity index (χ1n) is 5.79. The number of hydrogen-bond acceptors (Lipinski definition) is 2. The molecular weight excluding hydrogens is 202 g/mol. The van der Waals surface area contributed by atoms with Gasteiger partial charge in [-0.25, -0.2) is 4.79 Å². The highest BCUT2D eigenvalue weighted by Gasteiger charge is 2.26. The van der Waals surface area contributed by atoms with Gasteiger partial charge in [-0.1, -0.05) is 19.1 Å². The molecule has 1 aliphatic rings. The van der Waals surface area contributed by atoms with E-state index in [1.807, 2.05) is 12.1 Å². The Morgan fingerprint density at radius 3 is 3.06 bits per heavy atom. The van der Waals surface area contributed by atoms with Gasteiger partial charge in [-0.05, 0) is 42.5 Å². The second-order valence-corrected chi connectivity index (χ2v) is 4.23. The number of aromatic carboxylic acids is 1. The molecule has 0 bridgehead atoms. The van der Waals surface area contributed by atoms with Crippen molar-refractivity contribution in [2.75, 3.05) is 13.1 Å². The molecule has 0 spiro atoms. The molecule has 0 amide bonds. The lowest BCUT2D eigenvalue weighted by Crippen LogP contribution is -2.21.